The summed E-state index contributed by atoms with van der Waals surface area (Å²) < 4.78 is 11.3. The van der Waals surface area contributed by atoms with E-state index in [0.717, 1.165) is 21.9 Å². The summed E-state index contributed by atoms with van der Waals surface area (Å²) in [5.74, 6) is 0.121. The molecule has 7 heteroatoms. The molecule has 1 aromatic heterocycles. The first kappa shape index (κ1) is 16.6. The van der Waals surface area contributed by atoms with Crippen LogP contribution >= 0.6 is 0 Å². The Hall–Kier alpha value is -3.87. The number of nitrogens with zero attached hydrogens (tertiary/aromatic N) is 1. The summed E-state index contributed by atoms with van der Waals surface area (Å²) in [6.07, 6.45) is 0. The number of benzene rings is 3. The van der Waals surface area contributed by atoms with Gasteiger partial charge in [0, 0.05) is 28.6 Å². The highest BCUT2D eigenvalue weighted by Gasteiger charge is 2.10. The summed E-state index contributed by atoms with van der Waals surface area (Å²) in [6.45, 7) is -0.218. The second-order valence-corrected chi connectivity index (χ2v) is 5.90. The lowest BCUT2D eigenvalue weighted by molar-refractivity contribution is -0.384. The van der Waals surface area contributed by atoms with Crippen LogP contribution in [0.25, 0.3) is 21.9 Å². The number of carbonyl (C=O) groups is 1. The van der Waals surface area contributed by atoms with Gasteiger partial charge in [-0.25, -0.2) is 0 Å². The number of hydrogen-bond acceptors (Lipinski definition) is 5. The molecule has 0 aliphatic carbocycles. The number of carbonyl (C=O) groups excluding carboxylic acids is 1. The largest absolute Gasteiger partial charge is 0.484 e. The van der Waals surface area contributed by atoms with Gasteiger partial charge in [0.15, 0.2) is 6.61 Å². The Morgan fingerprint density at radius 2 is 1.81 bits per heavy atom. The van der Waals surface area contributed by atoms with Crippen molar-refractivity contribution >= 4 is 39.2 Å². The van der Waals surface area contributed by atoms with E-state index in [-0.39, 0.29) is 12.3 Å². The number of nitrogens with one attached hydrogen (secondary N) is 1. The number of fused-ring (bicyclic) bond motifs is 3. The van der Waals surface area contributed by atoms with Gasteiger partial charge in [-0.2, -0.15) is 0 Å². The number of nitro groups is 1. The van der Waals surface area contributed by atoms with Gasteiger partial charge in [0.2, 0.25) is 0 Å². The molecule has 1 N–H and O–H groups in total. The molecule has 1 heterocycles. The third-order valence-electron chi connectivity index (χ3n) is 4.06. The van der Waals surface area contributed by atoms with Crippen LogP contribution < -0.4 is 10.1 Å². The van der Waals surface area contributed by atoms with Crippen molar-refractivity contribution < 1.29 is 18.9 Å². The van der Waals surface area contributed by atoms with E-state index in [9.17, 15) is 14.9 Å². The molecule has 0 unspecified atom stereocenters. The molecule has 0 bridgehead atoms. The Labute approximate surface area is 153 Å². The molecule has 3 aromatic carbocycles. The second kappa shape index (κ2) is 6.80. The van der Waals surface area contributed by atoms with Crippen molar-refractivity contribution in [3.63, 3.8) is 0 Å². The van der Waals surface area contributed by atoms with Crippen LogP contribution in [0, 0.1) is 10.1 Å². The lowest BCUT2D eigenvalue weighted by Gasteiger charge is -2.07. The van der Waals surface area contributed by atoms with Crippen LogP contribution in [-0.2, 0) is 4.79 Å². The minimum absolute atomic E-state index is 0.0917. The van der Waals surface area contributed by atoms with Crippen molar-refractivity contribution in [3.8, 4) is 5.75 Å². The van der Waals surface area contributed by atoms with Gasteiger partial charge in [0.25, 0.3) is 11.6 Å². The van der Waals surface area contributed by atoms with E-state index in [1.165, 1.54) is 18.2 Å². The summed E-state index contributed by atoms with van der Waals surface area (Å²) >= 11 is 0. The smallest absolute Gasteiger partial charge is 0.271 e. The number of amides is 1. The van der Waals surface area contributed by atoms with E-state index in [1.54, 1.807) is 18.2 Å². The average molecular weight is 362 g/mol. The summed E-state index contributed by atoms with van der Waals surface area (Å²) in [5, 5.41) is 15.2. The maximum atomic E-state index is 12.1. The fourth-order valence-corrected chi connectivity index (χ4v) is 2.84. The van der Waals surface area contributed by atoms with E-state index in [2.05, 4.69) is 5.32 Å². The first-order valence-corrected chi connectivity index (χ1v) is 8.18. The molecule has 0 atom stereocenters. The third-order valence-corrected chi connectivity index (χ3v) is 4.06. The maximum absolute atomic E-state index is 12.1. The van der Waals surface area contributed by atoms with Crippen LogP contribution in [0.15, 0.2) is 71.1 Å². The number of anilines is 1. The van der Waals surface area contributed by atoms with Crippen molar-refractivity contribution in [1.29, 1.82) is 0 Å². The Bertz CT molecular complexity index is 1170. The van der Waals surface area contributed by atoms with Crippen molar-refractivity contribution in [2.24, 2.45) is 0 Å². The molecule has 0 spiro atoms. The van der Waals surface area contributed by atoms with Crippen molar-refractivity contribution in [3.05, 3.63) is 76.8 Å². The van der Waals surface area contributed by atoms with Crippen LogP contribution in [0.3, 0.4) is 0 Å². The van der Waals surface area contributed by atoms with Gasteiger partial charge >= 0.3 is 0 Å². The minimum Gasteiger partial charge on any atom is -0.484 e. The molecule has 1 amide bonds. The molecule has 0 saturated heterocycles. The summed E-state index contributed by atoms with van der Waals surface area (Å²) in [4.78, 5) is 22.3. The molecular formula is C20H14N2O5. The molecule has 4 aromatic rings. The molecule has 0 radical (unpaired) electrons. The van der Waals surface area contributed by atoms with Gasteiger partial charge in [-0.05, 0) is 30.3 Å². The molecule has 0 aliphatic rings. The topological polar surface area (TPSA) is 94.6 Å². The third kappa shape index (κ3) is 3.43. The standard InChI is InChI=1S/C20H14N2O5/c23-20(21-13-4-3-5-14(10-13)22(24)25)12-26-15-8-9-19-17(11-15)16-6-1-2-7-18(16)27-19/h1-11H,12H2,(H,21,23). The normalized spacial score (nSPS) is 10.8. The number of nitro benzene ring substituents is 1. The van der Waals surface area contributed by atoms with Gasteiger partial charge < -0.3 is 14.5 Å². The predicted molar refractivity (Wildman–Crippen MR) is 101 cm³/mol. The highest BCUT2D eigenvalue weighted by molar-refractivity contribution is 6.05. The summed E-state index contributed by atoms with van der Waals surface area (Å²) in [7, 11) is 0. The van der Waals surface area contributed by atoms with Crippen LogP contribution in [0.1, 0.15) is 0 Å². The summed E-state index contributed by atoms with van der Waals surface area (Å²) in [5.41, 5.74) is 1.78. The highest BCUT2D eigenvalue weighted by Crippen LogP contribution is 2.31. The van der Waals surface area contributed by atoms with E-state index in [0.29, 0.717) is 11.4 Å². The maximum Gasteiger partial charge on any atom is 0.271 e. The Morgan fingerprint density at radius 3 is 2.67 bits per heavy atom. The number of rotatable bonds is 5. The van der Waals surface area contributed by atoms with Crippen molar-refractivity contribution in [2.75, 3.05) is 11.9 Å². The van der Waals surface area contributed by atoms with Crippen molar-refractivity contribution in [1.82, 2.24) is 0 Å². The number of ether oxygens (including phenoxy) is 1. The molecule has 4 rings (SSSR count). The van der Waals surface area contributed by atoms with Gasteiger partial charge in [-0.15, -0.1) is 0 Å². The van der Waals surface area contributed by atoms with E-state index in [1.807, 2.05) is 30.3 Å². The zero-order chi connectivity index (χ0) is 18.8. The second-order valence-electron chi connectivity index (χ2n) is 5.90. The molecule has 0 aliphatic heterocycles. The number of hydrogen-bond donors (Lipinski definition) is 1. The van der Waals surface area contributed by atoms with E-state index >= 15 is 0 Å². The molecule has 0 saturated carbocycles. The summed E-state index contributed by atoms with van der Waals surface area (Å²) in [6, 6.07) is 18.8. The molecule has 27 heavy (non-hydrogen) atoms. The number of non-ortho nitro benzene ring substituents is 1. The van der Waals surface area contributed by atoms with E-state index < -0.39 is 10.8 Å². The van der Waals surface area contributed by atoms with Gasteiger partial charge in [0.05, 0.1) is 4.92 Å². The average Bonchev–Trinajstić information content (AvgIpc) is 3.04. The zero-order valence-corrected chi connectivity index (χ0v) is 14.0. The van der Waals surface area contributed by atoms with Crippen molar-refractivity contribution in [2.45, 2.75) is 0 Å². The highest BCUT2D eigenvalue weighted by atomic mass is 16.6. The van der Waals surface area contributed by atoms with E-state index in [4.69, 9.17) is 9.15 Å². The molecular weight excluding hydrogens is 348 g/mol. The quantitative estimate of drug-likeness (QED) is 0.416. The van der Waals surface area contributed by atoms with Gasteiger partial charge in [-0.1, -0.05) is 24.3 Å². The first-order valence-electron chi connectivity index (χ1n) is 8.18. The fraction of sp³-hybridized carbons (Fsp3) is 0.0500. The van der Waals surface area contributed by atoms with Crippen LogP contribution in [0.5, 0.6) is 5.75 Å². The first-order chi connectivity index (χ1) is 13.1. The van der Waals surface area contributed by atoms with Gasteiger partial charge in [0.1, 0.15) is 16.9 Å². The van der Waals surface area contributed by atoms with Crippen LogP contribution in [0.4, 0.5) is 11.4 Å². The fourth-order valence-electron chi connectivity index (χ4n) is 2.84. The Morgan fingerprint density at radius 1 is 1.00 bits per heavy atom. The van der Waals surface area contributed by atoms with Gasteiger partial charge in [-0.3, -0.25) is 14.9 Å². The number of para-hydroxylation sites is 1. The monoisotopic (exact) mass is 362 g/mol. The lowest BCUT2D eigenvalue weighted by atomic mass is 10.1. The molecule has 134 valence electrons. The Kier molecular flexibility index (Phi) is 4.18. The van der Waals surface area contributed by atoms with Crippen LogP contribution in [-0.4, -0.2) is 17.4 Å². The molecule has 0 fully saturated rings. The van der Waals surface area contributed by atoms with Crippen LogP contribution in [0.2, 0.25) is 0 Å². The number of furan rings is 1. The SMILES string of the molecule is O=C(COc1ccc2oc3ccccc3c2c1)Nc1cccc([N+](=O)[O-])c1. The lowest BCUT2D eigenvalue weighted by Crippen LogP contribution is -2.20. The predicted octanol–water partition coefficient (Wildman–Crippen LogP) is 4.51. The molecule has 7 nitrogen and oxygen atoms in total. The minimum atomic E-state index is -0.517. The zero-order valence-electron chi connectivity index (χ0n) is 14.0. The Balaban J connectivity index is 1.46.